The fraction of sp³-hybridized carbons (Fsp3) is 0.409. The van der Waals surface area contributed by atoms with E-state index in [9.17, 15) is 4.39 Å². The van der Waals surface area contributed by atoms with E-state index in [1.165, 1.54) is 36.4 Å². The second-order valence-electron chi connectivity index (χ2n) is 9.07. The number of pyridine rings is 1. The molecule has 4 aromatic rings. The van der Waals surface area contributed by atoms with Crippen LogP contribution in [0.3, 0.4) is 0 Å². The summed E-state index contributed by atoms with van der Waals surface area (Å²) in [6.07, 6.45) is 7.28. The van der Waals surface area contributed by atoms with Crippen molar-refractivity contribution < 1.29 is 4.39 Å². The number of halogens is 1. The van der Waals surface area contributed by atoms with Crippen molar-refractivity contribution in [3.05, 3.63) is 54.4 Å². The first kappa shape index (κ1) is 17.8. The van der Waals surface area contributed by atoms with Gasteiger partial charge in [0.15, 0.2) is 5.65 Å². The number of aryl methyl sites for hydroxylation is 1. The summed E-state index contributed by atoms with van der Waals surface area (Å²) in [4.78, 5) is 4.74. The molecule has 0 unspecified atom stereocenters. The van der Waals surface area contributed by atoms with Gasteiger partial charge in [-0.05, 0) is 42.5 Å². The van der Waals surface area contributed by atoms with Gasteiger partial charge in [0, 0.05) is 62.6 Å². The van der Waals surface area contributed by atoms with Crippen molar-refractivity contribution >= 4 is 22.2 Å². The quantitative estimate of drug-likeness (QED) is 0.523. The Balaban J connectivity index is 1.09. The smallest absolute Gasteiger partial charge is 0.161 e. The lowest BCUT2D eigenvalue weighted by Gasteiger charge is -2.61. The lowest BCUT2D eigenvalue weighted by molar-refractivity contribution is -0.0764. The molecule has 7 nitrogen and oxygen atoms in total. The molecule has 30 heavy (non-hydrogen) atoms. The van der Waals surface area contributed by atoms with E-state index in [2.05, 4.69) is 50.3 Å². The number of fused-ring (bicyclic) bond motifs is 2. The number of likely N-dealkylation sites (tertiary alicyclic amines) is 1. The summed E-state index contributed by atoms with van der Waals surface area (Å²) in [6.45, 7) is 2.71. The average Bonchev–Trinajstić information content (AvgIpc) is 3.28. The molecule has 6 rings (SSSR count). The van der Waals surface area contributed by atoms with Gasteiger partial charge in [-0.3, -0.25) is 14.0 Å². The van der Waals surface area contributed by atoms with E-state index in [-0.39, 0.29) is 5.82 Å². The lowest BCUT2D eigenvalue weighted by Crippen LogP contribution is -2.65. The molecule has 1 saturated heterocycles. The summed E-state index contributed by atoms with van der Waals surface area (Å²) < 4.78 is 17.9. The average molecular weight is 405 g/mol. The van der Waals surface area contributed by atoms with Gasteiger partial charge >= 0.3 is 0 Å². The highest BCUT2D eigenvalue weighted by Crippen LogP contribution is 2.51. The normalized spacial score (nSPS) is 18.8. The number of rotatable bonds is 4. The van der Waals surface area contributed by atoms with Crippen molar-refractivity contribution in [2.75, 3.05) is 25.0 Å². The van der Waals surface area contributed by atoms with Crippen molar-refractivity contribution in [1.82, 2.24) is 29.3 Å². The number of nitrogens with zero attached hydrogens (tertiary/aromatic N) is 7. The van der Waals surface area contributed by atoms with Gasteiger partial charge in [-0.15, -0.1) is 10.2 Å². The van der Waals surface area contributed by atoms with Gasteiger partial charge in [0.25, 0.3) is 0 Å². The fourth-order valence-electron chi connectivity index (χ4n) is 5.29. The lowest BCUT2D eigenvalue weighted by atomic mass is 9.60. The Morgan fingerprint density at radius 1 is 1.23 bits per heavy atom. The molecule has 154 valence electrons. The summed E-state index contributed by atoms with van der Waals surface area (Å²) in [5.41, 5.74) is 4.19. The molecule has 2 fully saturated rings. The molecule has 0 bridgehead atoms. The molecule has 0 amide bonds. The molecule has 3 aromatic heterocycles. The highest BCUT2D eigenvalue weighted by atomic mass is 19.1. The monoisotopic (exact) mass is 405 g/mol. The molecule has 0 N–H and O–H groups in total. The van der Waals surface area contributed by atoms with E-state index in [4.69, 9.17) is 0 Å². The highest BCUT2D eigenvalue weighted by Gasteiger charge is 2.53. The first-order valence-corrected chi connectivity index (χ1v) is 10.3. The Morgan fingerprint density at radius 3 is 2.90 bits per heavy atom. The third kappa shape index (κ3) is 2.70. The summed E-state index contributed by atoms with van der Waals surface area (Å²) >= 11 is 0. The zero-order valence-corrected chi connectivity index (χ0v) is 17.2. The minimum absolute atomic E-state index is 0.194. The Kier molecular flexibility index (Phi) is 3.71. The Labute approximate surface area is 173 Å². The number of hydrogen-bond acceptors (Lipinski definition) is 5. The van der Waals surface area contributed by atoms with Crippen LogP contribution in [0.25, 0.3) is 16.6 Å². The second kappa shape index (κ2) is 6.25. The van der Waals surface area contributed by atoms with Crippen molar-refractivity contribution in [3.8, 4) is 0 Å². The summed E-state index contributed by atoms with van der Waals surface area (Å²) in [5, 5.41) is 13.4. The number of anilines is 1. The predicted molar refractivity (Wildman–Crippen MR) is 113 cm³/mol. The van der Waals surface area contributed by atoms with E-state index in [1.54, 1.807) is 10.5 Å². The van der Waals surface area contributed by atoms with Crippen LogP contribution in [0.15, 0.2) is 43.0 Å². The third-order valence-corrected chi connectivity index (χ3v) is 7.00. The fourth-order valence-corrected chi connectivity index (χ4v) is 5.29. The summed E-state index contributed by atoms with van der Waals surface area (Å²) in [6, 6.07) is 8.92. The Morgan fingerprint density at radius 2 is 2.07 bits per heavy atom. The van der Waals surface area contributed by atoms with Gasteiger partial charge in [0.1, 0.15) is 12.1 Å². The van der Waals surface area contributed by atoms with Crippen molar-refractivity contribution in [2.45, 2.75) is 25.4 Å². The summed E-state index contributed by atoms with van der Waals surface area (Å²) in [5.74, 6) is -0.194. The molecule has 4 heterocycles. The zero-order valence-electron chi connectivity index (χ0n) is 17.2. The standard InChI is InChI=1S/C22H24FN7/c1-27(17-4-3-15-9-25-28(2)20(15)6-17)18-7-22(8-18)12-29(13-22)10-16-5-21-26-24-14-30(21)11-19(16)23/h3-6,9,11,14,18H,7-8,10,12-13H2,1-2H3. The van der Waals surface area contributed by atoms with E-state index in [0.717, 1.165) is 18.6 Å². The first-order valence-electron chi connectivity index (χ1n) is 10.3. The third-order valence-electron chi connectivity index (χ3n) is 7.00. The van der Waals surface area contributed by atoms with Crippen LogP contribution < -0.4 is 4.90 Å². The van der Waals surface area contributed by atoms with Crippen LogP contribution in [0.1, 0.15) is 18.4 Å². The molecule has 1 spiro atoms. The van der Waals surface area contributed by atoms with E-state index in [0.29, 0.717) is 29.2 Å². The molecule has 1 aromatic carbocycles. The predicted octanol–water partition coefficient (Wildman–Crippen LogP) is 2.86. The van der Waals surface area contributed by atoms with E-state index in [1.807, 2.05) is 17.9 Å². The SMILES string of the molecule is CN(c1ccc2cnn(C)c2c1)C1CC2(C1)CN(Cc1cc3nncn3cc1F)C2. The topological polar surface area (TPSA) is 54.5 Å². The molecule has 0 atom stereocenters. The van der Waals surface area contributed by atoms with Gasteiger partial charge in [0.05, 0.1) is 11.7 Å². The molecule has 1 saturated carbocycles. The molecule has 0 radical (unpaired) electrons. The molecule has 1 aliphatic heterocycles. The molecular formula is C22H24FN7. The number of benzene rings is 1. The van der Waals surface area contributed by atoms with Crippen molar-refractivity contribution in [2.24, 2.45) is 12.5 Å². The first-order chi connectivity index (χ1) is 14.5. The minimum atomic E-state index is -0.194. The maximum absolute atomic E-state index is 14.4. The molecular weight excluding hydrogens is 381 g/mol. The minimum Gasteiger partial charge on any atom is -0.372 e. The maximum atomic E-state index is 14.4. The Hall–Kier alpha value is -3.00. The van der Waals surface area contributed by atoms with Gasteiger partial charge in [-0.1, -0.05) is 0 Å². The van der Waals surface area contributed by atoms with Crippen LogP contribution in [0.4, 0.5) is 10.1 Å². The Bertz CT molecular complexity index is 1250. The zero-order chi connectivity index (χ0) is 20.5. The van der Waals surface area contributed by atoms with Gasteiger partial charge < -0.3 is 4.90 Å². The second-order valence-corrected chi connectivity index (χ2v) is 9.07. The van der Waals surface area contributed by atoms with E-state index < -0.39 is 0 Å². The van der Waals surface area contributed by atoms with Crippen LogP contribution in [0.2, 0.25) is 0 Å². The van der Waals surface area contributed by atoms with Crippen LogP contribution in [-0.4, -0.2) is 55.5 Å². The van der Waals surface area contributed by atoms with Crippen LogP contribution in [-0.2, 0) is 13.6 Å². The molecule has 8 heteroatoms. The van der Waals surface area contributed by atoms with Gasteiger partial charge in [-0.2, -0.15) is 5.10 Å². The van der Waals surface area contributed by atoms with E-state index >= 15 is 0 Å². The summed E-state index contributed by atoms with van der Waals surface area (Å²) in [7, 11) is 4.17. The highest BCUT2D eigenvalue weighted by molar-refractivity contribution is 5.82. The van der Waals surface area contributed by atoms with Gasteiger partial charge in [-0.25, -0.2) is 4.39 Å². The maximum Gasteiger partial charge on any atom is 0.161 e. The van der Waals surface area contributed by atoms with Crippen LogP contribution >= 0.6 is 0 Å². The van der Waals surface area contributed by atoms with Crippen LogP contribution in [0.5, 0.6) is 0 Å². The van der Waals surface area contributed by atoms with Gasteiger partial charge in [0.2, 0.25) is 0 Å². The van der Waals surface area contributed by atoms with Crippen molar-refractivity contribution in [1.29, 1.82) is 0 Å². The molecule has 1 aliphatic carbocycles. The molecule has 2 aliphatic rings. The number of aromatic nitrogens is 5. The largest absolute Gasteiger partial charge is 0.372 e. The van der Waals surface area contributed by atoms with Crippen molar-refractivity contribution in [3.63, 3.8) is 0 Å². The number of hydrogen-bond donors (Lipinski definition) is 0. The van der Waals surface area contributed by atoms with Crippen LogP contribution in [0, 0.1) is 11.2 Å².